The molecule has 0 bridgehead atoms. The summed E-state index contributed by atoms with van der Waals surface area (Å²) >= 11 is 3.21. The van der Waals surface area contributed by atoms with Crippen LogP contribution in [-0.4, -0.2) is 12.4 Å². The Bertz CT molecular complexity index is 443. The van der Waals surface area contributed by atoms with Crippen LogP contribution in [0, 0.1) is 11.8 Å². The molecule has 0 aliphatic rings. The average Bonchev–Trinajstić information content (AvgIpc) is 2.28. The van der Waals surface area contributed by atoms with E-state index in [9.17, 15) is 13.2 Å². The number of rotatable bonds is 2. The molecule has 0 aromatic heterocycles. The van der Waals surface area contributed by atoms with Crippen LogP contribution >= 0.6 is 15.9 Å². The topological polar surface area (TPSA) is 9.23 Å². The second kappa shape index (κ2) is 5.97. The fraction of sp³-hybridized carbons (Fsp3) is 0.333. The van der Waals surface area contributed by atoms with Crippen molar-refractivity contribution in [2.75, 3.05) is 12.4 Å². The minimum Gasteiger partial charge on any atom is -0.495 e. The predicted octanol–water partition coefficient (Wildman–Crippen LogP) is 3.85. The molecule has 1 aromatic rings. The van der Waals surface area contributed by atoms with Gasteiger partial charge in [-0.2, -0.15) is 13.2 Å². The van der Waals surface area contributed by atoms with Crippen LogP contribution in [-0.2, 0) is 6.18 Å². The standard InChI is InChI=1S/C12H10BrF3O/c1-17-11-8-10(12(14,15)16)6-5-9(11)4-2-3-7-13/h5-6,8H,3,7H2,1H3. The molecular weight excluding hydrogens is 297 g/mol. The van der Waals surface area contributed by atoms with Gasteiger partial charge in [-0.15, -0.1) is 0 Å². The number of hydrogen-bond acceptors (Lipinski definition) is 1. The van der Waals surface area contributed by atoms with E-state index in [4.69, 9.17) is 4.74 Å². The van der Waals surface area contributed by atoms with Gasteiger partial charge in [0.25, 0.3) is 0 Å². The third-order valence-electron chi connectivity index (χ3n) is 1.97. The Hall–Kier alpha value is -1.15. The van der Waals surface area contributed by atoms with Gasteiger partial charge >= 0.3 is 6.18 Å². The van der Waals surface area contributed by atoms with Crippen LogP contribution in [0.25, 0.3) is 0 Å². The van der Waals surface area contributed by atoms with E-state index in [1.165, 1.54) is 13.2 Å². The van der Waals surface area contributed by atoms with E-state index in [-0.39, 0.29) is 5.75 Å². The SMILES string of the molecule is COc1cc(C(F)(F)F)ccc1C#CCCBr. The lowest BCUT2D eigenvalue weighted by molar-refractivity contribution is -0.137. The Balaban J connectivity index is 3.07. The van der Waals surface area contributed by atoms with Crippen molar-refractivity contribution in [3.63, 3.8) is 0 Å². The van der Waals surface area contributed by atoms with E-state index in [2.05, 4.69) is 27.8 Å². The minimum atomic E-state index is -4.37. The highest BCUT2D eigenvalue weighted by Crippen LogP contribution is 2.32. The number of halogens is 4. The van der Waals surface area contributed by atoms with E-state index >= 15 is 0 Å². The third-order valence-corrected chi connectivity index (χ3v) is 2.37. The number of benzene rings is 1. The van der Waals surface area contributed by atoms with Crippen molar-refractivity contribution in [3.8, 4) is 17.6 Å². The first-order chi connectivity index (χ1) is 7.99. The van der Waals surface area contributed by atoms with Gasteiger partial charge in [-0.25, -0.2) is 0 Å². The molecule has 0 radical (unpaired) electrons. The predicted molar refractivity (Wildman–Crippen MR) is 63.3 cm³/mol. The van der Waals surface area contributed by atoms with Crippen LogP contribution in [0.5, 0.6) is 5.75 Å². The van der Waals surface area contributed by atoms with E-state index < -0.39 is 11.7 Å². The summed E-state index contributed by atoms with van der Waals surface area (Å²) in [6, 6.07) is 3.28. The van der Waals surface area contributed by atoms with E-state index in [0.29, 0.717) is 12.0 Å². The summed E-state index contributed by atoms with van der Waals surface area (Å²) in [6.45, 7) is 0. The smallest absolute Gasteiger partial charge is 0.416 e. The summed E-state index contributed by atoms with van der Waals surface area (Å²) in [5.41, 5.74) is -0.276. The number of ether oxygens (including phenoxy) is 1. The van der Waals surface area contributed by atoms with Crippen molar-refractivity contribution in [1.82, 2.24) is 0 Å². The van der Waals surface area contributed by atoms with Crippen LogP contribution in [0.4, 0.5) is 13.2 Å². The molecule has 17 heavy (non-hydrogen) atoms. The van der Waals surface area contributed by atoms with Gasteiger partial charge in [-0.1, -0.05) is 27.8 Å². The van der Waals surface area contributed by atoms with Crippen molar-refractivity contribution in [2.24, 2.45) is 0 Å². The van der Waals surface area contributed by atoms with Crippen molar-refractivity contribution in [3.05, 3.63) is 29.3 Å². The number of methoxy groups -OCH3 is 1. The van der Waals surface area contributed by atoms with Crippen LogP contribution in [0.15, 0.2) is 18.2 Å². The van der Waals surface area contributed by atoms with E-state index in [0.717, 1.165) is 17.5 Å². The molecule has 0 atom stereocenters. The molecule has 0 fully saturated rings. The highest BCUT2D eigenvalue weighted by molar-refractivity contribution is 9.09. The first-order valence-corrected chi connectivity index (χ1v) is 5.91. The molecule has 1 rings (SSSR count). The van der Waals surface area contributed by atoms with Gasteiger partial charge in [-0.3, -0.25) is 0 Å². The fourth-order valence-electron chi connectivity index (χ4n) is 1.18. The van der Waals surface area contributed by atoms with Crippen molar-refractivity contribution in [2.45, 2.75) is 12.6 Å². The molecule has 0 N–H and O–H groups in total. The van der Waals surface area contributed by atoms with Crippen molar-refractivity contribution >= 4 is 15.9 Å². The third kappa shape index (κ3) is 3.97. The van der Waals surface area contributed by atoms with Crippen LogP contribution in [0.3, 0.4) is 0 Å². The average molecular weight is 307 g/mol. The Morgan fingerprint density at radius 3 is 2.59 bits per heavy atom. The zero-order chi connectivity index (χ0) is 12.9. The summed E-state index contributed by atoms with van der Waals surface area (Å²) in [7, 11) is 1.32. The lowest BCUT2D eigenvalue weighted by atomic mass is 10.1. The normalized spacial score (nSPS) is 10.6. The molecule has 0 aliphatic carbocycles. The van der Waals surface area contributed by atoms with Crippen molar-refractivity contribution < 1.29 is 17.9 Å². The number of hydrogen-bond donors (Lipinski definition) is 0. The Labute approximate surface area is 106 Å². The van der Waals surface area contributed by atoms with Crippen molar-refractivity contribution in [1.29, 1.82) is 0 Å². The Kier molecular flexibility index (Phi) is 4.88. The zero-order valence-electron chi connectivity index (χ0n) is 9.07. The highest BCUT2D eigenvalue weighted by atomic mass is 79.9. The molecule has 1 aromatic carbocycles. The maximum absolute atomic E-state index is 12.4. The molecule has 0 heterocycles. The fourth-order valence-corrected chi connectivity index (χ4v) is 1.37. The zero-order valence-corrected chi connectivity index (χ0v) is 10.7. The van der Waals surface area contributed by atoms with Crippen LogP contribution in [0.1, 0.15) is 17.5 Å². The van der Waals surface area contributed by atoms with E-state index in [1.807, 2.05) is 0 Å². The quantitative estimate of drug-likeness (QED) is 0.596. The lowest BCUT2D eigenvalue weighted by Gasteiger charge is -2.09. The van der Waals surface area contributed by atoms with Crippen LogP contribution < -0.4 is 4.74 Å². The summed E-state index contributed by atoms with van der Waals surface area (Å²) in [4.78, 5) is 0. The second-order valence-corrected chi connectivity index (χ2v) is 3.95. The molecule has 0 aliphatic heterocycles. The molecule has 5 heteroatoms. The highest BCUT2D eigenvalue weighted by Gasteiger charge is 2.31. The van der Waals surface area contributed by atoms with E-state index in [1.54, 1.807) is 0 Å². The van der Waals surface area contributed by atoms with Gasteiger partial charge in [0.2, 0.25) is 0 Å². The number of alkyl halides is 4. The molecule has 0 unspecified atom stereocenters. The molecule has 92 valence electrons. The minimum absolute atomic E-state index is 0.141. The van der Waals surface area contributed by atoms with Crippen LogP contribution in [0.2, 0.25) is 0 Å². The first-order valence-electron chi connectivity index (χ1n) is 4.79. The summed E-state index contributed by atoms with van der Waals surface area (Å²) < 4.78 is 42.2. The molecular formula is C12H10BrF3O. The summed E-state index contributed by atoms with van der Waals surface area (Å²) in [5.74, 6) is 5.74. The first kappa shape index (κ1) is 13.9. The van der Waals surface area contributed by atoms with Gasteiger partial charge in [0.15, 0.2) is 0 Å². The van der Waals surface area contributed by atoms with Gasteiger partial charge in [-0.05, 0) is 18.2 Å². The maximum atomic E-state index is 12.4. The summed E-state index contributed by atoms with van der Waals surface area (Å²) in [6.07, 6.45) is -3.74. The van der Waals surface area contributed by atoms with Gasteiger partial charge in [0.1, 0.15) is 5.75 Å². The Morgan fingerprint density at radius 2 is 2.06 bits per heavy atom. The van der Waals surface area contributed by atoms with Gasteiger partial charge in [0.05, 0.1) is 18.2 Å². The molecule has 0 saturated carbocycles. The Morgan fingerprint density at radius 1 is 1.35 bits per heavy atom. The monoisotopic (exact) mass is 306 g/mol. The van der Waals surface area contributed by atoms with Gasteiger partial charge in [0, 0.05) is 11.8 Å². The molecule has 0 saturated heterocycles. The second-order valence-electron chi connectivity index (χ2n) is 3.15. The molecule has 0 amide bonds. The molecule has 0 spiro atoms. The van der Waals surface area contributed by atoms with Gasteiger partial charge < -0.3 is 4.74 Å². The molecule has 1 nitrogen and oxygen atoms in total. The lowest BCUT2D eigenvalue weighted by Crippen LogP contribution is -2.05. The maximum Gasteiger partial charge on any atom is 0.416 e. The largest absolute Gasteiger partial charge is 0.495 e. The summed E-state index contributed by atoms with van der Waals surface area (Å²) in [5, 5.41) is 0.725.